The van der Waals surface area contributed by atoms with Crippen molar-refractivity contribution in [3.05, 3.63) is 70.6 Å². The van der Waals surface area contributed by atoms with E-state index < -0.39 is 16.0 Å². The van der Waals surface area contributed by atoms with Crippen LogP contribution in [0.15, 0.2) is 59.5 Å². The highest BCUT2D eigenvalue weighted by atomic mass is 32.2. The number of carboxylic acids is 1. The van der Waals surface area contributed by atoms with E-state index in [0.717, 1.165) is 28.0 Å². The maximum Gasteiger partial charge on any atom is 0.348 e. The number of aryl methyl sites for hydroxylation is 2. The Morgan fingerprint density at radius 2 is 1.69 bits per heavy atom. The number of anilines is 1. The fraction of sp³-hybridized carbons (Fsp3) is 0.105. The largest absolute Gasteiger partial charge is 0.477 e. The van der Waals surface area contributed by atoms with Crippen molar-refractivity contribution in [3.8, 4) is 10.4 Å². The van der Waals surface area contributed by atoms with E-state index in [4.69, 9.17) is 0 Å². The molecule has 1 heterocycles. The summed E-state index contributed by atoms with van der Waals surface area (Å²) in [6.07, 6.45) is 0. The zero-order valence-electron chi connectivity index (χ0n) is 14.2. The summed E-state index contributed by atoms with van der Waals surface area (Å²) in [6, 6.07) is 15.6. The Hall–Kier alpha value is -2.64. The quantitative estimate of drug-likeness (QED) is 0.674. The molecule has 26 heavy (non-hydrogen) atoms. The van der Waals surface area contributed by atoms with E-state index in [1.165, 1.54) is 6.07 Å². The minimum Gasteiger partial charge on any atom is -0.477 e. The number of rotatable bonds is 5. The number of hydrogen-bond donors (Lipinski definition) is 2. The first-order valence-corrected chi connectivity index (χ1v) is 10.1. The van der Waals surface area contributed by atoms with Crippen molar-refractivity contribution >= 4 is 33.0 Å². The summed E-state index contributed by atoms with van der Waals surface area (Å²) in [7, 11) is -3.88. The Balaban J connectivity index is 2.02. The zero-order valence-corrected chi connectivity index (χ0v) is 15.8. The third-order valence-electron chi connectivity index (χ3n) is 4.02. The third-order valence-corrected chi connectivity index (χ3v) is 6.55. The van der Waals surface area contributed by atoms with Gasteiger partial charge in [0, 0.05) is 4.88 Å². The lowest BCUT2D eigenvalue weighted by Gasteiger charge is -2.09. The van der Waals surface area contributed by atoms with Gasteiger partial charge in [0.25, 0.3) is 10.0 Å². The minimum absolute atomic E-state index is 0.0451. The summed E-state index contributed by atoms with van der Waals surface area (Å²) >= 11 is 1.04. The van der Waals surface area contributed by atoms with Crippen LogP contribution in [0.1, 0.15) is 20.8 Å². The molecule has 3 aromatic rings. The highest BCUT2D eigenvalue weighted by Crippen LogP contribution is 2.36. The van der Waals surface area contributed by atoms with Gasteiger partial charge in [-0.05, 0) is 48.7 Å². The van der Waals surface area contributed by atoms with Gasteiger partial charge in [0.15, 0.2) is 0 Å². The zero-order chi connectivity index (χ0) is 18.9. The van der Waals surface area contributed by atoms with Crippen LogP contribution >= 0.6 is 11.3 Å². The van der Waals surface area contributed by atoms with Crippen molar-refractivity contribution in [2.75, 3.05) is 4.72 Å². The van der Waals surface area contributed by atoms with E-state index >= 15 is 0 Å². The molecule has 0 bridgehead atoms. The second-order valence-corrected chi connectivity index (χ2v) is 8.61. The molecular formula is C19H17NO4S2. The smallest absolute Gasteiger partial charge is 0.348 e. The van der Waals surface area contributed by atoms with E-state index in [1.807, 2.05) is 44.2 Å². The Kier molecular flexibility index (Phi) is 4.84. The monoisotopic (exact) mass is 387 g/mol. The summed E-state index contributed by atoms with van der Waals surface area (Å²) in [5.41, 5.74) is 2.73. The molecule has 2 aromatic carbocycles. The number of benzene rings is 2. The standard InChI is InChI=1S/C19H17NO4S2/c1-12-8-9-15(10-13(12)2)26(23,24)20-16-11-17(25-18(16)19(21)22)14-6-4-3-5-7-14/h3-11,20H,1-2H3,(H,21,22). The predicted octanol–water partition coefficient (Wildman–Crippen LogP) is 4.53. The maximum atomic E-state index is 12.7. The molecule has 0 radical (unpaired) electrons. The number of thiophene rings is 1. The van der Waals surface area contributed by atoms with Gasteiger partial charge < -0.3 is 5.11 Å². The fourth-order valence-electron chi connectivity index (χ4n) is 2.46. The van der Waals surface area contributed by atoms with Gasteiger partial charge >= 0.3 is 5.97 Å². The molecule has 0 saturated heterocycles. The van der Waals surface area contributed by atoms with E-state index in [-0.39, 0.29) is 15.5 Å². The number of carbonyl (C=O) groups is 1. The van der Waals surface area contributed by atoms with Gasteiger partial charge in [-0.3, -0.25) is 4.72 Å². The van der Waals surface area contributed by atoms with E-state index in [9.17, 15) is 18.3 Å². The Morgan fingerprint density at radius 3 is 2.31 bits per heavy atom. The molecule has 134 valence electrons. The van der Waals surface area contributed by atoms with Crippen LogP contribution in [0.4, 0.5) is 5.69 Å². The summed E-state index contributed by atoms with van der Waals surface area (Å²) in [6.45, 7) is 3.72. The van der Waals surface area contributed by atoms with Gasteiger partial charge in [-0.25, -0.2) is 13.2 Å². The van der Waals surface area contributed by atoms with Crippen molar-refractivity contribution < 1.29 is 18.3 Å². The first-order valence-electron chi connectivity index (χ1n) is 7.80. The molecule has 7 heteroatoms. The molecule has 0 amide bonds. The van der Waals surface area contributed by atoms with Crippen LogP contribution in [0.2, 0.25) is 0 Å². The second-order valence-electron chi connectivity index (χ2n) is 5.88. The van der Waals surface area contributed by atoms with Gasteiger partial charge in [-0.1, -0.05) is 36.4 Å². The number of nitrogens with one attached hydrogen (secondary N) is 1. The molecule has 0 atom stereocenters. The first kappa shape index (κ1) is 18.2. The average Bonchev–Trinajstić information content (AvgIpc) is 3.01. The molecule has 1 aromatic heterocycles. The number of sulfonamides is 1. The minimum atomic E-state index is -3.88. The van der Waals surface area contributed by atoms with Crippen LogP contribution in [-0.2, 0) is 10.0 Å². The molecule has 0 unspecified atom stereocenters. The lowest BCUT2D eigenvalue weighted by molar-refractivity contribution is 0.0703. The molecule has 0 aliphatic heterocycles. The van der Waals surface area contributed by atoms with E-state index in [1.54, 1.807) is 18.2 Å². The number of carboxylic acid groups (broad SMARTS) is 1. The molecule has 0 fully saturated rings. The van der Waals surface area contributed by atoms with Crippen LogP contribution in [0, 0.1) is 13.8 Å². The average molecular weight is 387 g/mol. The topological polar surface area (TPSA) is 83.5 Å². The van der Waals surface area contributed by atoms with Crippen LogP contribution in [-0.4, -0.2) is 19.5 Å². The van der Waals surface area contributed by atoms with E-state index in [2.05, 4.69) is 4.72 Å². The molecule has 2 N–H and O–H groups in total. The lowest BCUT2D eigenvalue weighted by atomic mass is 10.1. The van der Waals surface area contributed by atoms with Crippen LogP contribution < -0.4 is 4.72 Å². The molecular weight excluding hydrogens is 370 g/mol. The number of aromatic carboxylic acids is 1. The van der Waals surface area contributed by atoms with Gasteiger partial charge in [-0.2, -0.15) is 0 Å². The molecule has 0 saturated carbocycles. The molecule has 0 spiro atoms. The summed E-state index contributed by atoms with van der Waals surface area (Å²) in [4.78, 5) is 12.3. The van der Waals surface area contributed by atoms with Crippen LogP contribution in [0.5, 0.6) is 0 Å². The summed E-state index contributed by atoms with van der Waals surface area (Å²) in [5.74, 6) is -1.17. The third kappa shape index (κ3) is 3.63. The highest BCUT2D eigenvalue weighted by molar-refractivity contribution is 7.92. The Bertz CT molecular complexity index is 1070. The van der Waals surface area contributed by atoms with Crippen molar-refractivity contribution in [1.29, 1.82) is 0 Å². The SMILES string of the molecule is Cc1ccc(S(=O)(=O)Nc2cc(-c3ccccc3)sc2C(=O)O)cc1C. The highest BCUT2D eigenvalue weighted by Gasteiger charge is 2.22. The van der Waals surface area contributed by atoms with Gasteiger partial charge in [0.2, 0.25) is 0 Å². The normalized spacial score (nSPS) is 11.3. The van der Waals surface area contributed by atoms with Crippen molar-refractivity contribution in [2.45, 2.75) is 18.7 Å². The maximum absolute atomic E-state index is 12.7. The van der Waals surface area contributed by atoms with Gasteiger partial charge in [0.05, 0.1) is 10.6 Å². The molecule has 5 nitrogen and oxygen atoms in total. The molecule has 0 aliphatic rings. The van der Waals surface area contributed by atoms with E-state index in [0.29, 0.717) is 4.88 Å². The van der Waals surface area contributed by atoms with Crippen molar-refractivity contribution in [3.63, 3.8) is 0 Å². The fourth-order valence-corrected chi connectivity index (χ4v) is 4.63. The predicted molar refractivity (Wildman–Crippen MR) is 103 cm³/mol. The Labute approximate surface area is 156 Å². The summed E-state index contributed by atoms with van der Waals surface area (Å²) < 4.78 is 27.8. The lowest BCUT2D eigenvalue weighted by Crippen LogP contribution is -2.14. The Morgan fingerprint density at radius 1 is 1.00 bits per heavy atom. The second kappa shape index (κ2) is 6.93. The molecule has 0 aliphatic carbocycles. The van der Waals surface area contributed by atoms with Crippen LogP contribution in [0.25, 0.3) is 10.4 Å². The number of hydrogen-bond acceptors (Lipinski definition) is 4. The molecule has 3 rings (SSSR count). The van der Waals surface area contributed by atoms with Crippen molar-refractivity contribution in [1.82, 2.24) is 0 Å². The summed E-state index contributed by atoms with van der Waals surface area (Å²) in [5, 5.41) is 9.45. The first-order chi connectivity index (χ1) is 12.3. The van der Waals surface area contributed by atoms with Crippen molar-refractivity contribution in [2.24, 2.45) is 0 Å². The van der Waals surface area contributed by atoms with Crippen LogP contribution in [0.3, 0.4) is 0 Å². The van der Waals surface area contributed by atoms with Gasteiger partial charge in [0.1, 0.15) is 4.88 Å². The van der Waals surface area contributed by atoms with Gasteiger partial charge in [-0.15, -0.1) is 11.3 Å².